The van der Waals surface area contributed by atoms with Crippen molar-refractivity contribution in [2.24, 2.45) is 0 Å². The predicted molar refractivity (Wildman–Crippen MR) is 77.0 cm³/mol. The van der Waals surface area contributed by atoms with Crippen LogP contribution in [0, 0.1) is 5.82 Å². The van der Waals surface area contributed by atoms with E-state index in [1.165, 1.54) is 11.2 Å². The Morgan fingerprint density at radius 2 is 2.21 bits per heavy atom. The van der Waals surface area contributed by atoms with Crippen LogP contribution in [-0.2, 0) is 6.42 Å². The van der Waals surface area contributed by atoms with Gasteiger partial charge in [-0.15, -0.1) is 11.3 Å². The molecule has 2 heterocycles. The van der Waals surface area contributed by atoms with Gasteiger partial charge in [0, 0.05) is 4.88 Å². The van der Waals surface area contributed by atoms with Gasteiger partial charge in [-0.25, -0.2) is 14.4 Å². The molecule has 5 heteroatoms. The number of aryl methyl sites for hydroxylation is 1. The Balaban J connectivity index is 2.22. The van der Waals surface area contributed by atoms with Crippen LogP contribution in [0.2, 0.25) is 0 Å². The molecule has 0 bridgehead atoms. The molecule has 0 aliphatic heterocycles. The SMILES string of the molecule is CCCC(Nc1ncnc(CC)c1F)c1cccs1. The molecule has 0 amide bonds. The minimum Gasteiger partial charge on any atom is -0.360 e. The van der Waals surface area contributed by atoms with Crippen LogP contribution in [-0.4, -0.2) is 9.97 Å². The third kappa shape index (κ3) is 3.29. The maximum atomic E-state index is 14.1. The van der Waals surface area contributed by atoms with E-state index in [0.717, 1.165) is 12.8 Å². The molecule has 2 aromatic rings. The summed E-state index contributed by atoms with van der Waals surface area (Å²) in [6, 6.07) is 4.19. The van der Waals surface area contributed by atoms with Crippen LogP contribution < -0.4 is 5.32 Å². The van der Waals surface area contributed by atoms with E-state index >= 15 is 0 Å². The molecule has 0 radical (unpaired) electrons. The second-order valence-corrected chi connectivity index (χ2v) is 5.32. The molecule has 0 saturated carbocycles. The molecule has 19 heavy (non-hydrogen) atoms. The Morgan fingerprint density at radius 1 is 1.37 bits per heavy atom. The van der Waals surface area contributed by atoms with Crippen molar-refractivity contribution in [1.29, 1.82) is 0 Å². The summed E-state index contributed by atoms with van der Waals surface area (Å²) in [6.07, 6.45) is 3.97. The van der Waals surface area contributed by atoms with Crippen molar-refractivity contribution in [2.45, 2.75) is 39.2 Å². The maximum absolute atomic E-state index is 14.1. The van der Waals surface area contributed by atoms with Gasteiger partial charge in [0.1, 0.15) is 6.33 Å². The van der Waals surface area contributed by atoms with Gasteiger partial charge >= 0.3 is 0 Å². The predicted octanol–water partition coefficient (Wildman–Crippen LogP) is 4.19. The van der Waals surface area contributed by atoms with E-state index in [-0.39, 0.29) is 11.9 Å². The normalized spacial score (nSPS) is 12.4. The number of hydrogen-bond donors (Lipinski definition) is 1. The number of nitrogens with one attached hydrogen (secondary N) is 1. The summed E-state index contributed by atoms with van der Waals surface area (Å²) in [6.45, 7) is 4.01. The van der Waals surface area contributed by atoms with E-state index in [1.54, 1.807) is 11.3 Å². The molecule has 102 valence electrons. The number of hydrogen-bond acceptors (Lipinski definition) is 4. The molecule has 3 nitrogen and oxygen atoms in total. The van der Waals surface area contributed by atoms with Gasteiger partial charge in [0.25, 0.3) is 0 Å². The zero-order chi connectivity index (χ0) is 13.7. The van der Waals surface area contributed by atoms with Crippen LogP contribution in [0.1, 0.15) is 43.3 Å². The highest BCUT2D eigenvalue weighted by Crippen LogP contribution is 2.28. The Hall–Kier alpha value is -1.49. The van der Waals surface area contributed by atoms with E-state index in [1.807, 2.05) is 18.4 Å². The summed E-state index contributed by atoms with van der Waals surface area (Å²) in [5.41, 5.74) is 0.457. The molecule has 0 aliphatic carbocycles. The molecule has 1 N–H and O–H groups in total. The molecule has 2 rings (SSSR count). The molecular formula is C14H18FN3S. The van der Waals surface area contributed by atoms with Gasteiger partial charge in [0.2, 0.25) is 0 Å². The first-order chi connectivity index (χ1) is 9.26. The lowest BCUT2D eigenvalue weighted by molar-refractivity contribution is 0.588. The van der Waals surface area contributed by atoms with Gasteiger partial charge in [0.15, 0.2) is 11.6 Å². The summed E-state index contributed by atoms with van der Waals surface area (Å²) in [5.74, 6) is -0.0265. The van der Waals surface area contributed by atoms with Crippen LogP contribution in [0.25, 0.3) is 0 Å². The van der Waals surface area contributed by atoms with Crippen molar-refractivity contribution in [3.63, 3.8) is 0 Å². The van der Waals surface area contributed by atoms with Crippen LogP contribution in [0.4, 0.5) is 10.2 Å². The lowest BCUT2D eigenvalue weighted by Gasteiger charge is -2.18. The van der Waals surface area contributed by atoms with Gasteiger partial charge in [-0.1, -0.05) is 26.3 Å². The van der Waals surface area contributed by atoms with E-state index in [0.29, 0.717) is 17.9 Å². The van der Waals surface area contributed by atoms with Crippen molar-refractivity contribution in [3.8, 4) is 0 Å². The average Bonchev–Trinajstić information content (AvgIpc) is 2.94. The summed E-state index contributed by atoms with van der Waals surface area (Å²) in [4.78, 5) is 9.18. The smallest absolute Gasteiger partial charge is 0.186 e. The number of aromatic nitrogens is 2. The van der Waals surface area contributed by atoms with Gasteiger partial charge < -0.3 is 5.32 Å². The number of anilines is 1. The van der Waals surface area contributed by atoms with Crippen LogP contribution >= 0.6 is 11.3 Å². The number of rotatable bonds is 6. The second-order valence-electron chi connectivity index (χ2n) is 4.34. The third-order valence-corrected chi connectivity index (χ3v) is 3.96. The van der Waals surface area contributed by atoms with Crippen molar-refractivity contribution < 1.29 is 4.39 Å². The highest BCUT2D eigenvalue weighted by atomic mass is 32.1. The lowest BCUT2D eigenvalue weighted by Crippen LogP contribution is -2.13. The minimum atomic E-state index is -0.331. The molecule has 0 aliphatic rings. The topological polar surface area (TPSA) is 37.8 Å². The fourth-order valence-electron chi connectivity index (χ4n) is 1.98. The van der Waals surface area contributed by atoms with E-state index in [4.69, 9.17) is 0 Å². The van der Waals surface area contributed by atoms with Crippen LogP contribution in [0.3, 0.4) is 0 Å². The molecule has 0 spiro atoms. The first-order valence-corrected chi connectivity index (χ1v) is 7.43. The quantitative estimate of drug-likeness (QED) is 0.861. The first-order valence-electron chi connectivity index (χ1n) is 6.55. The Bertz CT molecular complexity index is 513. The van der Waals surface area contributed by atoms with Gasteiger partial charge in [-0.2, -0.15) is 0 Å². The van der Waals surface area contributed by atoms with Crippen LogP contribution in [0.5, 0.6) is 0 Å². The van der Waals surface area contributed by atoms with E-state index in [9.17, 15) is 4.39 Å². The second kappa shape index (κ2) is 6.61. The van der Waals surface area contributed by atoms with Gasteiger partial charge in [-0.05, 0) is 24.3 Å². The summed E-state index contributed by atoms with van der Waals surface area (Å²) in [7, 11) is 0. The molecule has 2 aromatic heterocycles. The summed E-state index contributed by atoms with van der Waals surface area (Å²) in [5, 5.41) is 5.24. The standard InChI is InChI=1S/C14H18FN3S/c1-3-6-11(12-7-5-8-19-12)18-14-13(15)10(4-2)16-9-17-14/h5,7-9,11H,3-4,6H2,1-2H3,(H,16,17,18). The minimum absolute atomic E-state index is 0.110. The molecule has 0 saturated heterocycles. The number of thiophene rings is 1. The van der Waals surface area contributed by atoms with Crippen molar-refractivity contribution in [1.82, 2.24) is 9.97 Å². The fraction of sp³-hybridized carbons (Fsp3) is 0.429. The molecule has 1 atom stereocenters. The van der Waals surface area contributed by atoms with Crippen molar-refractivity contribution in [2.75, 3.05) is 5.32 Å². The molecular weight excluding hydrogens is 261 g/mol. The zero-order valence-corrected chi connectivity index (χ0v) is 12.0. The van der Waals surface area contributed by atoms with Gasteiger partial charge in [0.05, 0.1) is 11.7 Å². The van der Waals surface area contributed by atoms with E-state index in [2.05, 4.69) is 28.3 Å². The molecule has 0 aromatic carbocycles. The largest absolute Gasteiger partial charge is 0.360 e. The summed E-state index contributed by atoms with van der Waals surface area (Å²) < 4.78 is 14.1. The Morgan fingerprint density at radius 3 is 2.84 bits per heavy atom. The monoisotopic (exact) mass is 279 g/mol. The Kier molecular flexibility index (Phi) is 4.85. The summed E-state index contributed by atoms with van der Waals surface area (Å²) >= 11 is 1.68. The van der Waals surface area contributed by atoms with Crippen molar-refractivity contribution in [3.05, 3.63) is 40.2 Å². The fourth-order valence-corrected chi connectivity index (χ4v) is 2.79. The highest BCUT2D eigenvalue weighted by Gasteiger charge is 2.16. The van der Waals surface area contributed by atoms with Gasteiger partial charge in [-0.3, -0.25) is 0 Å². The maximum Gasteiger partial charge on any atom is 0.186 e. The first kappa shape index (κ1) is 13.9. The van der Waals surface area contributed by atoms with Crippen LogP contribution in [0.15, 0.2) is 23.8 Å². The lowest BCUT2D eigenvalue weighted by atomic mass is 10.1. The van der Waals surface area contributed by atoms with E-state index < -0.39 is 0 Å². The average molecular weight is 279 g/mol. The Labute approximate surface area is 116 Å². The molecule has 1 unspecified atom stereocenters. The number of nitrogens with zero attached hydrogens (tertiary/aromatic N) is 2. The third-order valence-electron chi connectivity index (χ3n) is 2.97. The molecule has 0 fully saturated rings. The van der Waals surface area contributed by atoms with Crippen molar-refractivity contribution >= 4 is 17.2 Å². The number of halogens is 1. The highest BCUT2D eigenvalue weighted by molar-refractivity contribution is 7.10. The zero-order valence-electron chi connectivity index (χ0n) is 11.2.